The highest BCUT2D eigenvalue weighted by Gasteiger charge is 2.23. The highest BCUT2D eigenvalue weighted by atomic mass is 16.5. The van der Waals surface area contributed by atoms with Crippen molar-refractivity contribution in [2.45, 2.75) is 20.0 Å². The molecule has 0 unspecified atom stereocenters. The topological polar surface area (TPSA) is 66.5 Å². The zero-order valence-corrected chi connectivity index (χ0v) is 14.0. The standard InChI is InChI=1S/C19H19N5O/c1-2-23(25)13-18-22-21-17-12-20-19(14-8-4-3-5-9-14)15-10-6-7-11-16(15)24(17)18/h3-11,25H,2,12-13H2,1H3. The first-order chi connectivity index (χ1) is 12.3. The average molecular weight is 333 g/mol. The van der Waals surface area contributed by atoms with Crippen LogP contribution in [0.4, 0.5) is 0 Å². The van der Waals surface area contributed by atoms with Gasteiger partial charge in [0, 0.05) is 17.7 Å². The van der Waals surface area contributed by atoms with E-state index in [0.29, 0.717) is 25.5 Å². The minimum atomic E-state index is 0.318. The Morgan fingerprint density at radius 1 is 1.04 bits per heavy atom. The number of aromatic nitrogens is 3. The molecule has 6 nitrogen and oxygen atoms in total. The number of hydrogen-bond acceptors (Lipinski definition) is 5. The van der Waals surface area contributed by atoms with Gasteiger partial charge < -0.3 is 5.21 Å². The molecule has 0 atom stereocenters. The first kappa shape index (κ1) is 15.7. The van der Waals surface area contributed by atoms with Crippen LogP contribution in [0.2, 0.25) is 0 Å². The summed E-state index contributed by atoms with van der Waals surface area (Å²) in [6.07, 6.45) is 0. The lowest BCUT2D eigenvalue weighted by molar-refractivity contribution is -0.0967. The summed E-state index contributed by atoms with van der Waals surface area (Å²) in [6, 6.07) is 18.3. The van der Waals surface area contributed by atoms with Crippen molar-refractivity contribution in [1.82, 2.24) is 19.8 Å². The predicted molar refractivity (Wildman–Crippen MR) is 95.0 cm³/mol. The highest BCUT2D eigenvalue weighted by Crippen LogP contribution is 2.25. The fraction of sp³-hybridized carbons (Fsp3) is 0.211. The lowest BCUT2D eigenvalue weighted by Crippen LogP contribution is -2.21. The number of aliphatic imine (C=N–C) groups is 1. The van der Waals surface area contributed by atoms with Crippen molar-refractivity contribution in [2.75, 3.05) is 6.54 Å². The molecule has 0 bridgehead atoms. The smallest absolute Gasteiger partial charge is 0.159 e. The number of rotatable bonds is 4. The van der Waals surface area contributed by atoms with Crippen molar-refractivity contribution in [3.63, 3.8) is 0 Å². The van der Waals surface area contributed by atoms with Gasteiger partial charge in [0.05, 0.1) is 17.9 Å². The van der Waals surface area contributed by atoms with Crippen molar-refractivity contribution >= 4 is 5.71 Å². The number of benzene rings is 2. The van der Waals surface area contributed by atoms with Crippen LogP contribution in [-0.2, 0) is 13.1 Å². The average Bonchev–Trinajstić information content (AvgIpc) is 2.97. The zero-order chi connectivity index (χ0) is 17.2. The second kappa shape index (κ2) is 6.58. The Morgan fingerprint density at radius 3 is 2.60 bits per heavy atom. The third-order valence-electron chi connectivity index (χ3n) is 4.31. The lowest BCUT2D eigenvalue weighted by Gasteiger charge is -2.15. The number of fused-ring (bicyclic) bond motifs is 3. The van der Waals surface area contributed by atoms with E-state index in [1.54, 1.807) is 0 Å². The SMILES string of the molecule is CCN(O)Cc1nnc2n1-c1ccccc1C(c1ccccc1)=NC2. The van der Waals surface area contributed by atoms with Crippen molar-refractivity contribution < 1.29 is 5.21 Å². The Bertz CT molecular complexity index is 917. The Hall–Kier alpha value is -2.83. The summed E-state index contributed by atoms with van der Waals surface area (Å²) < 4.78 is 2.01. The van der Waals surface area contributed by atoms with Crippen LogP contribution in [0, 0.1) is 0 Å². The van der Waals surface area contributed by atoms with Gasteiger partial charge in [0.25, 0.3) is 0 Å². The van der Waals surface area contributed by atoms with Gasteiger partial charge >= 0.3 is 0 Å². The maximum Gasteiger partial charge on any atom is 0.159 e. The van der Waals surface area contributed by atoms with E-state index < -0.39 is 0 Å². The summed E-state index contributed by atoms with van der Waals surface area (Å²) in [5.74, 6) is 1.48. The van der Waals surface area contributed by atoms with Crippen molar-refractivity contribution in [2.24, 2.45) is 4.99 Å². The van der Waals surface area contributed by atoms with Crippen LogP contribution >= 0.6 is 0 Å². The molecule has 3 aromatic rings. The summed E-state index contributed by atoms with van der Waals surface area (Å²) in [7, 11) is 0. The molecule has 126 valence electrons. The number of para-hydroxylation sites is 1. The van der Waals surface area contributed by atoms with Gasteiger partial charge in [-0.25, -0.2) is 0 Å². The van der Waals surface area contributed by atoms with Crippen LogP contribution in [0.3, 0.4) is 0 Å². The second-order valence-electron chi connectivity index (χ2n) is 5.90. The first-order valence-corrected chi connectivity index (χ1v) is 8.34. The summed E-state index contributed by atoms with van der Waals surface area (Å²) in [6.45, 7) is 3.18. The van der Waals surface area contributed by atoms with Crippen LogP contribution in [-0.4, -0.2) is 37.3 Å². The molecule has 6 heteroatoms. The second-order valence-corrected chi connectivity index (χ2v) is 5.90. The maximum atomic E-state index is 9.90. The van der Waals surface area contributed by atoms with Crippen molar-refractivity contribution in [1.29, 1.82) is 0 Å². The van der Waals surface area contributed by atoms with Gasteiger partial charge in [-0.3, -0.25) is 9.56 Å². The van der Waals surface area contributed by atoms with Gasteiger partial charge in [0.15, 0.2) is 11.6 Å². The fourth-order valence-corrected chi connectivity index (χ4v) is 3.06. The Balaban J connectivity index is 1.86. The molecule has 0 aliphatic carbocycles. The molecule has 0 saturated heterocycles. The molecule has 2 aromatic carbocycles. The number of nitrogens with zero attached hydrogens (tertiary/aromatic N) is 5. The largest absolute Gasteiger partial charge is 0.314 e. The molecule has 0 spiro atoms. The van der Waals surface area contributed by atoms with E-state index in [9.17, 15) is 5.21 Å². The molecule has 1 aromatic heterocycles. The normalized spacial score (nSPS) is 13.2. The molecule has 0 amide bonds. The molecule has 25 heavy (non-hydrogen) atoms. The Kier molecular flexibility index (Phi) is 4.13. The fourth-order valence-electron chi connectivity index (χ4n) is 3.06. The molecule has 1 aliphatic heterocycles. The lowest BCUT2D eigenvalue weighted by atomic mass is 10.0. The summed E-state index contributed by atoms with van der Waals surface area (Å²) in [4.78, 5) is 4.81. The van der Waals surface area contributed by atoms with Crippen LogP contribution in [0.15, 0.2) is 59.6 Å². The van der Waals surface area contributed by atoms with Gasteiger partial charge in [-0.05, 0) is 6.07 Å². The highest BCUT2D eigenvalue weighted by molar-refractivity contribution is 6.15. The molecular weight excluding hydrogens is 314 g/mol. The van der Waals surface area contributed by atoms with Crippen molar-refractivity contribution in [3.8, 4) is 5.69 Å². The minimum Gasteiger partial charge on any atom is -0.314 e. The van der Waals surface area contributed by atoms with E-state index in [2.05, 4.69) is 28.4 Å². The third-order valence-corrected chi connectivity index (χ3v) is 4.31. The number of hydrogen-bond donors (Lipinski definition) is 1. The van der Waals surface area contributed by atoms with Crippen LogP contribution in [0.5, 0.6) is 0 Å². The van der Waals surface area contributed by atoms with E-state index in [1.165, 1.54) is 5.06 Å². The third kappa shape index (κ3) is 2.86. The zero-order valence-electron chi connectivity index (χ0n) is 14.0. The quantitative estimate of drug-likeness (QED) is 0.746. The maximum absolute atomic E-state index is 9.90. The molecule has 0 fully saturated rings. The number of hydroxylamine groups is 2. The van der Waals surface area contributed by atoms with Crippen molar-refractivity contribution in [3.05, 3.63) is 77.4 Å². The van der Waals surface area contributed by atoms with Crippen LogP contribution < -0.4 is 0 Å². The predicted octanol–water partition coefficient (Wildman–Crippen LogP) is 2.83. The molecule has 0 radical (unpaired) electrons. The van der Waals surface area contributed by atoms with Crippen LogP contribution in [0.1, 0.15) is 29.7 Å². The molecule has 4 rings (SSSR count). The van der Waals surface area contributed by atoms with Crippen LogP contribution in [0.25, 0.3) is 5.69 Å². The molecule has 1 N–H and O–H groups in total. The first-order valence-electron chi connectivity index (χ1n) is 8.34. The monoisotopic (exact) mass is 333 g/mol. The van der Waals surface area contributed by atoms with E-state index >= 15 is 0 Å². The van der Waals surface area contributed by atoms with Gasteiger partial charge in [-0.1, -0.05) is 55.5 Å². The molecular formula is C19H19N5O. The summed E-state index contributed by atoms with van der Waals surface area (Å²) in [5.41, 5.74) is 4.05. The van der Waals surface area contributed by atoms with E-state index in [1.807, 2.05) is 47.9 Å². The molecule has 1 aliphatic rings. The molecule has 2 heterocycles. The minimum absolute atomic E-state index is 0.318. The Morgan fingerprint density at radius 2 is 1.80 bits per heavy atom. The summed E-state index contributed by atoms with van der Waals surface area (Å²) >= 11 is 0. The van der Waals surface area contributed by atoms with E-state index in [-0.39, 0.29) is 0 Å². The van der Waals surface area contributed by atoms with E-state index in [4.69, 9.17) is 4.99 Å². The van der Waals surface area contributed by atoms with Gasteiger partial charge in [0.2, 0.25) is 0 Å². The van der Waals surface area contributed by atoms with Gasteiger partial charge in [-0.2, -0.15) is 5.06 Å². The van der Waals surface area contributed by atoms with Gasteiger partial charge in [-0.15, -0.1) is 10.2 Å². The Labute approximate surface area is 146 Å². The van der Waals surface area contributed by atoms with E-state index in [0.717, 1.165) is 28.4 Å². The van der Waals surface area contributed by atoms with Gasteiger partial charge in [0.1, 0.15) is 6.54 Å². The summed E-state index contributed by atoms with van der Waals surface area (Å²) in [5, 5.41) is 19.7. The molecule has 0 saturated carbocycles.